The average molecular weight is 209 g/mol. The lowest BCUT2D eigenvalue weighted by Gasteiger charge is -2.12. The summed E-state index contributed by atoms with van der Waals surface area (Å²) >= 11 is 1.86. The van der Waals surface area contributed by atoms with Gasteiger partial charge in [-0.15, -0.1) is 11.8 Å². The monoisotopic (exact) mass is 209 g/mol. The largest absolute Gasteiger partial charge is 0.243 e. The highest BCUT2D eigenvalue weighted by molar-refractivity contribution is 7.99. The predicted octanol–water partition coefficient (Wildman–Crippen LogP) is 2.30. The molecule has 1 rings (SSSR count). The third kappa shape index (κ3) is 4.13. The van der Waals surface area contributed by atoms with Gasteiger partial charge in [0, 0.05) is 17.7 Å². The SMILES string of the molecule is CCC(CSc1ccccc1)[N]NC. The van der Waals surface area contributed by atoms with E-state index >= 15 is 0 Å². The van der Waals surface area contributed by atoms with Gasteiger partial charge in [-0.2, -0.15) is 5.43 Å². The van der Waals surface area contributed by atoms with Gasteiger partial charge < -0.3 is 0 Å². The second kappa shape index (κ2) is 6.87. The van der Waals surface area contributed by atoms with Crippen molar-refractivity contribution >= 4 is 11.8 Å². The quantitative estimate of drug-likeness (QED) is 0.574. The van der Waals surface area contributed by atoms with E-state index in [0.717, 1.165) is 12.2 Å². The number of hydrogen-bond acceptors (Lipinski definition) is 2. The third-order valence-electron chi connectivity index (χ3n) is 1.97. The number of thioether (sulfide) groups is 1. The molecule has 0 saturated carbocycles. The van der Waals surface area contributed by atoms with E-state index in [1.165, 1.54) is 4.90 Å². The molecule has 0 spiro atoms. The van der Waals surface area contributed by atoms with Crippen LogP contribution in [0.5, 0.6) is 0 Å². The molecule has 2 nitrogen and oxygen atoms in total. The fourth-order valence-corrected chi connectivity index (χ4v) is 2.18. The first kappa shape index (κ1) is 11.6. The van der Waals surface area contributed by atoms with E-state index < -0.39 is 0 Å². The molecule has 0 heterocycles. The van der Waals surface area contributed by atoms with Crippen molar-refractivity contribution in [1.29, 1.82) is 0 Å². The van der Waals surface area contributed by atoms with Crippen LogP contribution in [0.4, 0.5) is 0 Å². The van der Waals surface area contributed by atoms with Gasteiger partial charge in [0.25, 0.3) is 0 Å². The predicted molar refractivity (Wildman–Crippen MR) is 62.4 cm³/mol. The van der Waals surface area contributed by atoms with Gasteiger partial charge in [-0.1, -0.05) is 25.1 Å². The lowest BCUT2D eigenvalue weighted by molar-refractivity contribution is 0.470. The van der Waals surface area contributed by atoms with Crippen molar-refractivity contribution in [1.82, 2.24) is 10.9 Å². The van der Waals surface area contributed by atoms with Crippen LogP contribution < -0.4 is 10.9 Å². The molecule has 1 aromatic rings. The Morgan fingerprint density at radius 3 is 2.64 bits per heavy atom. The minimum atomic E-state index is 0.408. The molecule has 1 aromatic carbocycles. The summed E-state index contributed by atoms with van der Waals surface area (Å²) in [5, 5.41) is 0. The Morgan fingerprint density at radius 2 is 2.07 bits per heavy atom. The van der Waals surface area contributed by atoms with Crippen LogP contribution in [0.15, 0.2) is 35.2 Å². The van der Waals surface area contributed by atoms with Gasteiger partial charge in [0.2, 0.25) is 0 Å². The Labute approximate surface area is 90.4 Å². The number of rotatable bonds is 6. The first-order chi connectivity index (χ1) is 6.86. The lowest BCUT2D eigenvalue weighted by Crippen LogP contribution is -2.32. The topological polar surface area (TPSA) is 26.1 Å². The van der Waals surface area contributed by atoms with Crippen molar-refractivity contribution < 1.29 is 0 Å². The highest BCUT2D eigenvalue weighted by Gasteiger charge is 2.05. The maximum absolute atomic E-state index is 4.29. The van der Waals surface area contributed by atoms with Crippen LogP contribution in [-0.4, -0.2) is 18.8 Å². The van der Waals surface area contributed by atoms with Crippen molar-refractivity contribution in [2.75, 3.05) is 12.8 Å². The Balaban J connectivity index is 2.32. The highest BCUT2D eigenvalue weighted by atomic mass is 32.2. The summed E-state index contributed by atoms with van der Waals surface area (Å²) < 4.78 is 0. The standard InChI is InChI=1S/C11H17N2S/c1-3-10(13-12-2)9-14-11-7-5-4-6-8-11/h4-8,10,12H,3,9H2,1-2H3. The lowest BCUT2D eigenvalue weighted by atomic mass is 10.3. The number of nitrogens with zero attached hydrogens (tertiary/aromatic N) is 1. The molecule has 14 heavy (non-hydrogen) atoms. The summed E-state index contributed by atoms with van der Waals surface area (Å²) in [6.45, 7) is 2.16. The van der Waals surface area contributed by atoms with Gasteiger partial charge in [0.15, 0.2) is 0 Å². The molecule has 0 fully saturated rings. The normalized spacial score (nSPS) is 12.7. The maximum atomic E-state index is 4.29. The molecule has 0 amide bonds. The van der Waals surface area contributed by atoms with Crippen LogP contribution >= 0.6 is 11.8 Å². The second-order valence-electron chi connectivity index (χ2n) is 3.04. The molecule has 77 valence electrons. The van der Waals surface area contributed by atoms with Crippen LogP contribution in [0.1, 0.15) is 13.3 Å². The van der Waals surface area contributed by atoms with Gasteiger partial charge in [0.05, 0.1) is 6.04 Å². The van der Waals surface area contributed by atoms with E-state index in [1.807, 2.05) is 24.9 Å². The molecule has 1 radical (unpaired) electrons. The fraction of sp³-hybridized carbons (Fsp3) is 0.455. The molecule has 1 unspecified atom stereocenters. The second-order valence-corrected chi connectivity index (χ2v) is 4.13. The van der Waals surface area contributed by atoms with Gasteiger partial charge in [0.1, 0.15) is 0 Å². The zero-order chi connectivity index (χ0) is 10.2. The molecule has 3 heteroatoms. The summed E-state index contributed by atoms with van der Waals surface area (Å²) in [6.07, 6.45) is 1.08. The summed E-state index contributed by atoms with van der Waals surface area (Å²) in [5.74, 6) is 1.04. The van der Waals surface area contributed by atoms with E-state index in [1.54, 1.807) is 0 Å². The molecule has 0 aliphatic carbocycles. The molecule has 0 saturated heterocycles. The first-order valence-corrected chi connectivity index (χ1v) is 5.89. The Hall–Kier alpha value is -0.510. The summed E-state index contributed by atoms with van der Waals surface area (Å²) in [7, 11) is 1.86. The zero-order valence-corrected chi connectivity index (χ0v) is 9.55. The summed E-state index contributed by atoms with van der Waals surface area (Å²) in [5.41, 5.74) is 7.15. The molecule has 0 bridgehead atoms. The van der Waals surface area contributed by atoms with E-state index in [9.17, 15) is 0 Å². The summed E-state index contributed by atoms with van der Waals surface area (Å²) in [4.78, 5) is 1.32. The van der Waals surface area contributed by atoms with Crippen LogP contribution in [-0.2, 0) is 0 Å². The van der Waals surface area contributed by atoms with Gasteiger partial charge in [-0.25, -0.2) is 5.43 Å². The van der Waals surface area contributed by atoms with Crippen LogP contribution in [0, 0.1) is 0 Å². The minimum absolute atomic E-state index is 0.408. The van der Waals surface area contributed by atoms with Crippen molar-refractivity contribution in [2.24, 2.45) is 0 Å². The van der Waals surface area contributed by atoms with E-state index in [0.29, 0.717) is 6.04 Å². The summed E-state index contributed by atoms with van der Waals surface area (Å²) in [6, 6.07) is 10.9. The van der Waals surface area contributed by atoms with Crippen LogP contribution in [0.2, 0.25) is 0 Å². The van der Waals surface area contributed by atoms with E-state index in [-0.39, 0.29) is 0 Å². The Bertz CT molecular complexity index is 238. The van der Waals surface area contributed by atoms with Crippen molar-refractivity contribution in [3.63, 3.8) is 0 Å². The molecule has 0 aliphatic heterocycles. The van der Waals surface area contributed by atoms with Crippen LogP contribution in [0.3, 0.4) is 0 Å². The number of hydrogen-bond donors (Lipinski definition) is 1. The van der Waals surface area contributed by atoms with E-state index in [2.05, 4.69) is 42.0 Å². The molecule has 0 aliphatic rings. The first-order valence-electron chi connectivity index (χ1n) is 4.91. The minimum Gasteiger partial charge on any atom is -0.243 e. The number of benzene rings is 1. The van der Waals surface area contributed by atoms with Gasteiger partial charge in [-0.3, -0.25) is 0 Å². The van der Waals surface area contributed by atoms with Crippen molar-refractivity contribution in [2.45, 2.75) is 24.3 Å². The maximum Gasteiger partial charge on any atom is 0.0507 e. The van der Waals surface area contributed by atoms with Crippen molar-refractivity contribution in [3.8, 4) is 0 Å². The molecule has 0 aromatic heterocycles. The third-order valence-corrected chi connectivity index (χ3v) is 3.13. The average Bonchev–Trinajstić information content (AvgIpc) is 2.25. The van der Waals surface area contributed by atoms with Crippen LogP contribution in [0.25, 0.3) is 0 Å². The van der Waals surface area contributed by atoms with Gasteiger partial charge >= 0.3 is 0 Å². The Kier molecular flexibility index (Phi) is 5.68. The fourth-order valence-electron chi connectivity index (χ4n) is 1.14. The van der Waals surface area contributed by atoms with E-state index in [4.69, 9.17) is 0 Å². The Morgan fingerprint density at radius 1 is 1.36 bits per heavy atom. The molecule has 1 atom stereocenters. The molecular formula is C11H17N2S. The number of nitrogens with one attached hydrogen (secondary N) is 1. The van der Waals surface area contributed by atoms with Crippen molar-refractivity contribution in [3.05, 3.63) is 30.3 Å². The zero-order valence-electron chi connectivity index (χ0n) is 8.73. The van der Waals surface area contributed by atoms with Gasteiger partial charge in [-0.05, 0) is 18.6 Å². The molecule has 1 N–H and O–H groups in total. The highest BCUT2D eigenvalue weighted by Crippen LogP contribution is 2.18. The smallest absolute Gasteiger partial charge is 0.0507 e. The molecular weight excluding hydrogens is 192 g/mol.